The second-order valence-corrected chi connectivity index (χ2v) is 7.33. The van der Waals surface area contributed by atoms with Crippen LogP contribution in [0.15, 0.2) is 50.2 Å². The maximum absolute atomic E-state index is 13.2. The van der Waals surface area contributed by atoms with E-state index in [0.29, 0.717) is 4.47 Å². The minimum atomic E-state index is -3.86. The molecule has 0 atom stereocenters. The van der Waals surface area contributed by atoms with Crippen molar-refractivity contribution in [1.82, 2.24) is 0 Å². The maximum atomic E-state index is 13.2. The minimum Gasteiger partial charge on any atom is -0.397 e. The molecule has 2 aromatic carbocycles. The molecule has 8 heteroatoms. The lowest BCUT2D eigenvalue weighted by Crippen LogP contribution is -2.14. The van der Waals surface area contributed by atoms with E-state index >= 15 is 0 Å². The first-order valence-corrected chi connectivity index (χ1v) is 8.39. The molecule has 4 nitrogen and oxygen atoms in total. The van der Waals surface area contributed by atoms with Gasteiger partial charge >= 0.3 is 0 Å². The summed E-state index contributed by atoms with van der Waals surface area (Å²) in [4.78, 5) is 0.0318. The van der Waals surface area contributed by atoms with Crippen molar-refractivity contribution in [2.24, 2.45) is 0 Å². The SMILES string of the molecule is Nc1ccc(F)cc1NS(=O)(=O)c1ccc(Br)cc1Br. The summed E-state index contributed by atoms with van der Waals surface area (Å²) in [5, 5.41) is 0. The van der Waals surface area contributed by atoms with Crippen LogP contribution >= 0.6 is 31.9 Å². The predicted molar refractivity (Wildman–Crippen MR) is 83.5 cm³/mol. The van der Waals surface area contributed by atoms with Gasteiger partial charge in [0.1, 0.15) is 10.7 Å². The summed E-state index contributed by atoms with van der Waals surface area (Å²) in [5.74, 6) is -0.577. The van der Waals surface area contributed by atoms with Gasteiger partial charge in [0, 0.05) is 15.0 Å². The van der Waals surface area contributed by atoms with Gasteiger partial charge < -0.3 is 5.73 Å². The number of nitrogen functional groups attached to an aromatic ring is 1. The van der Waals surface area contributed by atoms with Crippen molar-refractivity contribution < 1.29 is 12.8 Å². The van der Waals surface area contributed by atoms with Crippen LogP contribution in [0, 0.1) is 5.82 Å². The lowest BCUT2D eigenvalue weighted by Gasteiger charge is -2.11. The number of hydrogen-bond donors (Lipinski definition) is 2. The van der Waals surface area contributed by atoms with Gasteiger partial charge in [0.2, 0.25) is 0 Å². The van der Waals surface area contributed by atoms with Crippen LogP contribution < -0.4 is 10.5 Å². The largest absolute Gasteiger partial charge is 0.397 e. The van der Waals surface area contributed by atoms with Gasteiger partial charge in [0.25, 0.3) is 10.0 Å². The molecular formula is C12H9Br2FN2O2S. The Balaban J connectivity index is 2.43. The van der Waals surface area contributed by atoms with Crippen molar-refractivity contribution in [3.63, 3.8) is 0 Å². The van der Waals surface area contributed by atoms with Gasteiger partial charge in [-0.05, 0) is 46.3 Å². The summed E-state index contributed by atoms with van der Waals surface area (Å²) in [6.07, 6.45) is 0. The molecule has 0 bridgehead atoms. The summed E-state index contributed by atoms with van der Waals surface area (Å²) in [5.41, 5.74) is 5.77. The van der Waals surface area contributed by atoms with E-state index < -0.39 is 15.8 Å². The van der Waals surface area contributed by atoms with E-state index in [-0.39, 0.29) is 16.3 Å². The third-order valence-corrected chi connectivity index (χ3v) is 5.28. The highest BCUT2D eigenvalue weighted by atomic mass is 79.9. The van der Waals surface area contributed by atoms with Gasteiger partial charge in [-0.15, -0.1) is 0 Å². The Kier molecular flexibility index (Phi) is 4.36. The van der Waals surface area contributed by atoms with Gasteiger partial charge in [-0.25, -0.2) is 12.8 Å². The highest BCUT2D eigenvalue weighted by molar-refractivity contribution is 9.11. The van der Waals surface area contributed by atoms with Crippen molar-refractivity contribution in [3.8, 4) is 0 Å². The molecule has 0 aromatic heterocycles. The second kappa shape index (κ2) is 5.71. The first kappa shape index (κ1) is 15.3. The number of nitrogens with one attached hydrogen (secondary N) is 1. The maximum Gasteiger partial charge on any atom is 0.263 e. The van der Waals surface area contributed by atoms with E-state index in [1.54, 1.807) is 12.1 Å². The van der Waals surface area contributed by atoms with Gasteiger partial charge in [0.15, 0.2) is 0 Å². The average Bonchev–Trinajstić information content (AvgIpc) is 2.33. The van der Waals surface area contributed by atoms with E-state index in [1.807, 2.05) is 0 Å². The Morgan fingerprint density at radius 2 is 1.80 bits per heavy atom. The summed E-state index contributed by atoms with van der Waals surface area (Å²) >= 11 is 6.41. The van der Waals surface area contributed by atoms with Crippen LogP contribution in [0.2, 0.25) is 0 Å². The van der Waals surface area contributed by atoms with Crippen LogP contribution in [0.1, 0.15) is 0 Å². The molecule has 20 heavy (non-hydrogen) atoms. The number of rotatable bonds is 3. The van der Waals surface area contributed by atoms with Crippen LogP contribution in [-0.2, 0) is 10.0 Å². The standard InChI is InChI=1S/C12H9Br2FN2O2S/c13-7-1-4-12(9(14)5-7)20(18,19)17-11-6-8(15)2-3-10(11)16/h1-6,17H,16H2. The van der Waals surface area contributed by atoms with Crippen LogP contribution in [0.5, 0.6) is 0 Å². The fourth-order valence-corrected chi connectivity index (χ4v) is 4.34. The topological polar surface area (TPSA) is 72.2 Å². The summed E-state index contributed by atoms with van der Waals surface area (Å²) in [6, 6.07) is 8.09. The molecule has 0 aliphatic heterocycles. The normalized spacial score (nSPS) is 11.3. The highest BCUT2D eigenvalue weighted by Gasteiger charge is 2.19. The van der Waals surface area contributed by atoms with E-state index in [1.165, 1.54) is 12.1 Å². The van der Waals surface area contributed by atoms with Gasteiger partial charge in [-0.1, -0.05) is 15.9 Å². The van der Waals surface area contributed by atoms with Crippen molar-refractivity contribution in [1.29, 1.82) is 0 Å². The summed E-state index contributed by atoms with van der Waals surface area (Å²) in [6.45, 7) is 0. The predicted octanol–water partition coefficient (Wildman–Crippen LogP) is 3.73. The zero-order valence-corrected chi connectivity index (χ0v) is 13.9. The molecule has 0 saturated carbocycles. The molecule has 2 rings (SSSR count). The number of sulfonamides is 1. The fourth-order valence-electron chi connectivity index (χ4n) is 1.51. The van der Waals surface area contributed by atoms with Crippen molar-refractivity contribution in [2.75, 3.05) is 10.5 Å². The quantitative estimate of drug-likeness (QED) is 0.738. The van der Waals surface area contributed by atoms with Crippen molar-refractivity contribution >= 4 is 53.3 Å². The molecule has 106 valence electrons. The number of nitrogens with two attached hydrogens (primary N) is 1. The smallest absolute Gasteiger partial charge is 0.263 e. The van der Waals surface area contributed by atoms with Crippen molar-refractivity contribution in [2.45, 2.75) is 4.90 Å². The molecule has 0 aliphatic carbocycles. The molecule has 0 fully saturated rings. The Morgan fingerprint density at radius 1 is 1.10 bits per heavy atom. The summed E-state index contributed by atoms with van der Waals surface area (Å²) < 4.78 is 41.1. The molecular weight excluding hydrogens is 415 g/mol. The molecule has 0 aliphatic rings. The highest BCUT2D eigenvalue weighted by Crippen LogP contribution is 2.29. The Bertz CT molecular complexity index is 766. The fraction of sp³-hybridized carbons (Fsp3) is 0. The minimum absolute atomic E-state index is 0.000168. The number of anilines is 2. The van der Waals surface area contributed by atoms with E-state index in [0.717, 1.165) is 16.6 Å². The van der Waals surface area contributed by atoms with E-state index in [4.69, 9.17) is 5.73 Å². The average molecular weight is 424 g/mol. The number of benzene rings is 2. The Morgan fingerprint density at radius 3 is 2.45 bits per heavy atom. The number of hydrogen-bond acceptors (Lipinski definition) is 3. The molecule has 2 aromatic rings. The molecule has 0 heterocycles. The van der Waals surface area contributed by atoms with Crippen LogP contribution in [-0.4, -0.2) is 8.42 Å². The van der Waals surface area contributed by atoms with E-state index in [2.05, 4.69) is 36.6 Å². The third-order valence-electron chi connectivity index (χ3n) is 2.44. The van der Waals surface area contributed by atoms with Gasteiger partial charge in [-0.3, -0.25) is 4.72 Å². The third kappa shape index (κ3) is 3.31. The van der Waals surface area contributed by atoms with Crippen LogP contribution in [0.25, 0.3) is 0 Å². The van der Waals surface area contributed by atoms with Crippen LogP contribution in [0.3, 0.4) is 0 Å². The first-order chi connectivity index (χ1) is 9.29. The lowest BCUT2D eigenvalue weighted by atomic mass is 10.3. The monoisotopic (exact) mass is 422 g/mol. The molecule has 0 spiro atoms. The molecule has 0 unspecified atom stereocenters. The lowest BCUT2D eigenvalue weighted by molar-refractivity contribution is 0.600. The molecule has 3 N–H and O–H groups in total. The Hall–Kier alpha value is -1.12. The summed E-state index contributed by atoms with van der Waals surface area (Å²) in [7, 11) is -3.86. The van der Waals surface area contributed by atoms with Gasteiger partial charge in [-0.2, -0.15) is 0 Å². The first-order valence-electron chi connectivity index (χ1n) is 5.32. The number of halogens is 3. The van der Waals surface area contributed by atoms with Gasteiger partial charge in [0.05, 0.1) is 11.4 Å². The zero-order chi connectivity index (χ0) is 14.9. The molecule has 0 amide bonds. The zero-order valence-electron chi connectivity index (χ0n) is 9.90. The second-order valence-electron chi connectivity index (χ2n) is 3.91. The van der Waals surface area contributed by atoms with Crippen LogP contribution in [0.4, 0.5) is 15.8 Å². The Labute approximate surface area is 132 Å². The van der Waals surface area contributed by atoms with E-state index in [9.17, 15) is 12.8 Å². The molecule has 0 saturated heterocycles. The van der Waals surface area contributed by atoms with Crippen molar-refractivity contribution in [3.05, 3.63) is 51.2 Å². The molecule has 0 radical (unpaired) electrons.